The van der Waals surface area contributed by atoms with Gasteiger partial charge < -0.3 is 11.5 Å². The second-order valence-electron chi connectivity index (χ2n) is 3.42. The second-order valence-corrected chi connectivity index (χ2v) is 3.42. The molecule has 11 heavy (non-hydrogen) atoms. The topological polar surface area (TPSA) is 52.0 Å². The van der Waals surface area contributed by atoms with Gasteiger partial charge in [0.1, 0.15) is 0 Å². The van der Waals surface area contributed by atoms with Gasteiger partial charge in [0.2, 0.25) is 0 Å². The van der Waals surface area contributed by atoms with Crippen molar-refractivity contribution in [2.24, 2.45) is 17.4 Å². The summed E-state index contributed by atoms with van der Waals surface area (Å²) in [7, 11) is 0. The van der Waals surface area contributed by atoms with Crippen LogP contribution in [-0.4, -0.2) is 12.6 Å². The van der Waals surface area contributed by atoms with E-state index in [2.05, 4.69) is 13.8 Å². The molecule has 0 aromatic carbocycles. The number of hydrogen-bond donors (Lipinski definition) is 2. The Morgan fingerprint density at radius 1 is 1.27 bits per heavy atom. The molecule has 0 rings (SSSR count). The van der Waals surface area contributed by atoms with Gasteiger partial charge in [0.25, 0.3) is 0 Å². The summed E-state index contributed by atoms with van der Waals surface area (Å²) in [6, 6.07) is 0.352. The van der Waals surface area contributed by atoms with Crippen LogP contribution >= 0.6 is 0 Å². The molecular weight excluding hydrogens is 136 g/mol. The molecule has 0 aliphatic rings. The van der Waals surface area contributed by atoms with Crippen LogP contribution in [0.15, 0.2) is 0 Å². The molecule has 68 valence electrons. The van der Waals surface area contributed by atoms with Crippen molar-refractivity contribution in [1.82, 2.24) is 0 Å². The first-order chi connectivity index (χ1) is 5.20. The highest BCUT2D eigenvalue weighted by Crippen LogP contribution is 2.11. The summed E-state index contributed by atoms with van der Waals surface area (Å²) in [6.45, 7) is 5.09. The Labute approximate surface area is 70.3 Å². The highest BCUT2D eigenvalue weighted by Gasteiger charge is 2.03. The maximum atomic E-state index is 5.63. The van der Waals surface area contributed by atoms with Crippen LogP contribution in [0.2, 0.25) is 0 Å². The van der Waals surface area contributed by atoms with Crippen molar-refractivity contribution in [1.29, 1.82) is 0 Å². The third-order valence-corrected chi connectivity index (χ3v) is 2.18. The molecule has 2 unspecified atom stereocenters. The quantitative estimate of drug-likeness (QED) is 0.615. The summed E-state index contributed by atoms with van der Waals surface area (Å²) in [4.78, 5) is 0. The SMILES string of the molecule is CCC(CN)CCCC(C)N. The maximum Gasteiger partial charge on any atom is 0.00104 e. The Hall–Kier alpha value is -0.0800. The Morgan fingerprint density at radius 3 is 2.27 bits per heavy atom. The van der Waals surface area contributed by atoms with Crippen LogP contribution in [-0.2, 0) is 0 Å². The standard InChI is InChI=1S/C9H22N2/c1-3-9(7-10)6-4-5-8(2)11/h8-9H,3-7,10-11H2,1-2H3. The maximum absolute atomic E-state index is 5.63. The first-order valence-electron chi connectivity index (χ1n) is 4.66. The first kappa shape index (κ1) is 10.9. The normalized spacial score (nSPS) is 16.4. The molecule has 0 aliphatic heterocycles. The van der Waals surface area contributed by atoms with Crippen molar-refractivity contribution < 1.29 is 0 Å². The number of rotatable bonds is 6. The lowest BCUT2D eigenvalue weighted by atomic mass is 9.98. The van der Waals surface area contributed by atoms with Gasteiger partial charge in [0.15, 0.2) is 0 Å². The highest BCUT2D eigenvalue weighted by atomic mass is 14.6. The Balaban J connectivity index is 3.21. The summed E-state index contributed by atoms with van der Waals surface area (Å²) in [5, 5.41) is 0. The Bertz CT molecular complexity index is 77.6. The first-order valence-corrected chi connectivity index (χ1v) is 4.66. The van der Waals surface area contributed by atoms with Crippen molar-refractivity contribution >= 4 is 0 Å². The fraction of sp³-hybridized carbons (Fsp3) is 1.00. The molecule has 0 fully saturated rings. The van der Waals surface area contributed by atoms with Gasteiger partial charge in [-0.1, -0.05) is 19.8 Å². The number of nitrogens with two attached hydrogens (primary N) is 2. The predicted octanol–water partition coefficient (Wildman–Crippen LogP) is 1.49. The van der Waals surface area contributed by atoms with Crippen LogP contribution in [0.5, 0.6) is 0 Å². The van der Waals surface area contributed by atoms with Crippen LogP contribution in [0.1, 0.15) is 39.5 Å². The van der Waals surface area contributed by atoms with Crippen molar-refractivity contribution in [2.75, 3.05) is 6.54 Å². The van der Waals surface area contributed by atoms with Crippen LogP contribution in [0.25, 0.3) is 0 Å². The van der Waals surface area contributed by atoms with Crippen LogP contribution in [0.3, 0.4) is 0 Å². The molecule has 4 N–H and O–H groups in total. The number of hydrogen-bond acceptors (Lipinski definition) is 2. The van der Waals surface area contributed by atoms with Crippen molar-refractivity contribution in [2.45, 2.75) is 45.6 Å². The summed E-state index contributed by atoms with van der Waals surface area (Å²) >= 11 is 0. The van der Waals surface area contributed by atoms with E-state index in [1.807, 2.05) is 0 Å². The fourth-order valence-electron chi connectivity index (χ4n) is 1.22. The largest absolute Gasteiger partial charge is 0.330 e. The third kappa shape index (κ3) is 6.32. The monoisotopic (exact) mass is 158 g/mol. The zero-order chi connectivity index (χ0) is 8.69. The molecule has 0 saturated carbocycles. The molecule has 0 aromatic heterocycles. The zero-order valence-electron chi connectivity index (χ0n) is 7.84. The molecular formula is C9H22N2. The molecule has 0 amide bonds. The van der Waals surface area contributed by atoms with Gasteiger partial charge >= 0.3 is 0 Å². The van der Waals surface area contributed by atoms with Gasteiger partial charge in [-0.2, -0.15) is 0 Å². The van der Waals surface area contributed by atoms with Crippen LogP contribution in [0, 0.1) is 5.92 Å². The lowest BCUT2D eigenvalue weighted by Crippen LogP contribution is -2.17. The molecule has 2 atom stereocenters. The van der Waals surface area contributed by atoms with E-state index >= 15 is 0 Å². The molecule has 0 aromatic rings. The van der Waals surface area contributed by atoms with E-state index in [0.29, 0.717) is 12.0 Å². The lowest BCUT2D eigenvalue weighted by Gasteiger charge is -2.12. The smallest absolute Gasteiger partial charge is 0.00104 e. The van der Waals surface area contributed by atoms with Gasteiger partial charge in [-0.15, -0.1) is 0 Å². The average Bonchev–Trinajstić information content (AvgIpc) is 1.98. The molecule has 2 heteroatoms. The molecule has 2 nitrogen and oxygen atoms in total. The van der Waals surface area contributed by atoms with E-state index in [1.54, 1.807) is 0 Å². The van der Waals surface area contributed by atoms with Crippen LogP contribution < -0.4 is 11.5 Å². The molecule has 0 spiro atoms. The minimum atomic E-state index is 0.352. The predicted molar refractivity (Wildman–Crippen MR) is 50.3 cm³/mol. The van der Waals surface area contributed by atoms with E-state index in [0.717, 1.165) is 13.0 Å². The summed E-state index contributed by atoms with van der Waals surface area (Å²) in [5.41, 5.74) is 11.2. The van der Waals surface area contributed by atoms with Gasteiger partial charge in [0.05, 0.1) is 0 Å². The molecule has 0 radical (unpaired) electrons. The minimum absolute atomic E-state index is 0.352. The van der Waals surface area contributed by atoms with E-state index in [-0.39, 0.29) is 0 Å². The van der Waals surface area contributed by atoms with Gasteiger partial charge in [0, 0.05) is 6.04 Å². The Kier molecular flexibility index (Phi) is 6.57. The summed E-state index contributed by atoms with van der Waals surface area (Å²) in [5.74, 6) is 0.716. The molecule has 0 heterocycles. The molecule has 0 bridgehead atoms. The molecule has 0 saturated heterocycles. The average molecular weight is 158 g/mol. The van der Waals surface area contributed by atoms with E-state index in [9.17, 15) is 0 Å². The van der Waals surface area contributed by atoms with E-state index < -0.39 is 0 Å². The van der Waals surface area contributed by atoms with Crippen molar-refractivity contribution in [3.05, 3.63) is 0 Å². The van der Waals surface area contributed by atoms with E-state index in [4.69, 9.17) is 11.5 Å². The zero-order valence-corrected chi connectivity index (χ0v) is 7.84. The summed E-state index contributed by atoms with van der Waals surface area (Å²) in [6.07, 6.45) is 4.81. The third-order valence-electron chi connectivity index (χ3n) is 2.18. The minimum Gasteiger partial charge on any atom is -0.330 e. The van der Waals surface area contributed by atoms with Gasteiger partial charge in [-0.05, 0) is 32.2 Å². The lowest BCUT2D eigenvalue weighted by molar-refractivity contribution is 0.444. The molecule has 0 aliphatic carbocycles. The van der Waals surface area contributed by atoms with E-state index in [1.165, 1.54) is 19.3 Å². The summed E-state index contributed by atoms with van der Waals surface area (Å²) < 4.78 is 0. The van der Waals surface area contributed by atoms with Gasteiger partial charge in [-0.25, -0.2) is 0 Å². The second kappa shape index (κ2) is 6.62. The van der Waals surface area contributed by atoms with Crippen LogP contribution in [0.4, 0.5) is 0 Å². The Morgan fingerprint density at radius 2 is 1.91 bits per heavy atom. The van der Waals surface area contributed by atoms with Crippen molar-refractivity contribution in [3.8, 4) is 0 Å². The fourth-order valence-corrected chi connectivity index (χ4v) is 1.22. The van der Waals surface area contributed by atoms with Gasteiger partial charge in [-0.3, -0.25) is 0 Å². The highest BCUT2D eigenvalue weighted by molar-refractivity contribution is 4.60. The van der Waals surface area contributed by atoms with Crippen molar-refractivity contribution in [3.63, 3.8) is 0 Å².